The molecule has 0 fully saturated rings. The van der Waals surface area contributed by atoms with E-state index in [0.717, 1.165) is 4.90 Å². The largest absolute Gasteiger partial charge is 0.507 e. The summed E-state index contributed by atoms with van der Waals surface area (Å²) in [5, 5.41) is 10.4. The van der Waals surface area contributed by atoms with Gasteiger partial charge < -0.3 is 5.11 Å². The van der Waals surface area contributed by atoms with E-state index in [0.29, 0.717) is 0 Å². The molecule has 0 aliphatic heterocycles. The Morgan fingerprint density at radius 3 is 1.62 bits per heavy atom. The number of imide groups is 1. The highest BCUT2D eigenvalue weighted by Crippen LogP contribution is 2.38. The molecule has 0 unspecified atom stereocenters. The smallest absolute Gasteiger partial charge is 0.265 e. The topological polar surface area (TPSA) is 91.8 Å². The molecule has 0 saturated carbocycles. The summed E-state index contributed by atoms with van der Waals surface area (Å²) in [6.45, 7) is 0. The maximum Gasteiger partial charge on any atom is 0.265 e. The number of phenolic OH excluding ortho intramolecular Hbond substituents is 1. The second kappa shape index (κ2) is 8.26. The summed E-state index contributed by atoms with van der Waals surface area (Å²) in [4.78, 5) is 54.9. The van der Waals surface area contributed by atoms with Crippen molar-refractivity contribution < 1.29 is 24.3 Å². The van der Waals surface area contributed by atoms with Gasteiger partial charge in [0.1, 0.15) is 5.75 Å². The van der Waals surface area contributed by atoms with Crippen LogP contribution in [-0.4, -0.2) is 28.5 Å². The van der Waals surface area contributed by atoms with Gasteiger partial charge in [-0.25, -0.2) is 4.90 Å². The van der Waals surface area contributed by atoms with Crippen molar-refractivity contribution >= 4 is 29.1 Å². The number of hydrogen-bond acceptors (Lipinski definition) is 5. The van der Waals surface area contributed by atoms with Crippen molar-refractivity contribution in [3.05, 3.63) is 130 Å². The summed E-state index contributed by atoms with van der Waals surface area (Å²) in [7, 11) is 0. The molecule has 0 heterocycles. The number of anilines is 1. The Bertz CT molecular complexity index is 1420. The number of benzene rings is 4. The van der Waals surface area contributed by atoms with E-state index in [9.17, 15) is 24.3 Å². The van der Waals surface area contributed by atoms with E-state index in [-0.39, 0.29) is 44.8 Å². The Morgan fingerprint density at radius 1 is 0.559 bits per heavy atom. The first-order valence-corrected chi connectivity index (χ1v) is 10.5. The standard InChI is InChI=1S/C28H17NO5/c30-22-16-8-14-20-24(22)26(32)23-19(25(20)31)13-7-15-21(23)29(27(33)17-9-3-1-4-10-17)28(34)18-11-5-2-6-12-18/h1-16,30H. The number of aromatic hydroxyl groups is 1. The molecule has 1 N–H and O–H groups in total. The van der Waals surface area contributed by atoms with Crippen LogP contribution in [0.1, 0.15) is 52.6 Å². The molecule has 0 bridgehead atoms. The fraction of sp³-hybridized carbons (Fsp3) is 0. The first kappa shape index (κ1) is 21.0. The number of ketones is 2. The minimum absolute atomic E-state index is 0.0209. The zero-order valence-corrected chi connectivity index (χ0v) is 17.8. The predicted molar refractivity (Wildman–Crippen MR) is 125 cm³/mol. The molecule has 6 nitrogen and oxygen atoms in total. The summed E-state index contributed by atoms with van der Waals surface area (Å²) in [6.07, 6.45) is 0. The zero-order chi connectivity index (χ0) is 23.8. The Labute approximate surface area is 194 Å². The second-order valence-electron chi connectivity index (χ2n) is 7.74. The van der Waals surface area contributed by atoms with Crippen molar-refractivity contribution in [3.63, 3.8) is 0 Å². The maximum absolute atomic E-state index is 13.6. The van der Waals surface area contributed by atoms with Crippen LogP contribution in [0.25, 0.3) is 0 Å². The summed E-state index contributed by atoms with van der Waals surface area (Å²) in [6, 6.07) is 25.1. The first-order valence-electron chi connectivity index (χ1n) is 10.5. The molecule has 164 valence electrons. The number of carbonyl (C=O) groups is 4. The molecule has 2 amide bonds. The van der Waals surface area contributed by atoms with Gasteiger partial charge >= 0.3 is 0 Å². The van der Waals surface area contributed by atoms with Crippen LogP contribution in [0.2, 0.25) is 0 Å². The SMILES string of the molecule is O=C1c2cccc(O)c2C(=O)c2c1cccc2N(C(=O)c1ccccc1)C(=O)c1ccccc1. The molecular formula is C28H17NO5. The molecule has 4 aromatic rings. The van der Waals surface area contributed by atoms with Crippen LogP contribution >= 0.6 is 0 Å². The summed E-state index contributed by atoms with van der Waals surface area (Å²) in [5.74, 6) is -2.74. The molecule has 0 atom stereocenters. The third kappa shape index (κ3) is 3.29. The van der Waals surface area contributed by atoms with E-state index in [1.54, 1.807) is 60.7 Å². The normalized spacial score (nSPS) is 12.0. The Balaban J connectivity index is 1.75. The minimum Gasteiger partial charge on any atom is -0.507 e. The van der Waals surface area contributed by atoms with Gasteiger partial charge in [-0.2, -0.15) is 0 Å². The molecule has 1 aliphatic carbocycles. The highest BCUT2D eigenvalue weighted by Gasteiger charge is 2.37. The number of amides is 2. The van der Waals surface area contributed by atoms with Crippen molar-refractivity contribution in [2.45, 2.75) is 0 Å². The lowest BCUT2D eigenvalue weighted by molar-refractivity contribution is 0.0895. The number of hydrogen-bond donors (Lipinski definition) is 1. The maximum atomic E-state index is 13.6. The Kier molecular flexibility index (Phi) is 5.11. The van der Waals surface area contributed by atoms with Crippen molar-refractivity contribution in [2.75, 3.05) is 4.90 Å². The number of rotatable bonds is 3. The lowest BCUT2D eigenvalue weighted by Gasteiger charge is -2.27. The van der Waals surface area contributed by atoms with E-state index in [1.807, 2.05) is 0 Å². The summed E-state index contributed by atoms with van der Waals surface area (Å²) < 4.78 is 0. The lowest BCUT2D eigenvalue weighted by atomic mass is 9.82. The first-order chi connectivity index (χ1) is 16.5. The highest BCUT2D eigenvalue weighted by atomic mass is 16.3. The van der Waals surface area contributed by atoms with Crippen LogP contribution in [0.15, 0.2) is 97.1 Å². The molecule has 34 heavy (non-hydrogen) atoms. The molecule has 5 rings (SSSR count). The molecule has 4 aromatic carbocycles. The average molecular weight is 447 g/mol. The molecule has 0 saturated heterocycles. The van der Waals surface area contributed by atoms with Gasteiger partial charge in [0.25, 0.3) is 11.8 Å². The number of carbonyl (C=O) groups excluding carboxylic acids is 4. The quantitative estimate of drug-likeness (QED) is 0.407. The van der Waals surface area contributed by atoms with Gasteiger partial charge in [-0.15, -0.1) is 0 Å². The highest BCUT2D eigenvalue weighted by molar-refractivity contribution is 6.34. The van der Waals surface area contributed by atoms with Crippen molar-refractivity contribution in [1.82, 2.24) is 0 Å². The number of phenols is 1. The minimum atomic E-state index is -0.647. The van der Waals surface area contributed by atoms with E-state index >= 15 is 0 Å². The van der Waals surface area contributed by atoms with Crippen molar-refractivity contribution in [1.29, 1.82) is 0 Å². The van der Waals surface area contributed by atoms with Crippen LogP contribution in [0, 0.1) is 0 Å². The Hall–Kier alpha value is -4.84. The molecular weight excluding hydrogens is 430 g/mol. The van der Waals surface area contributed by atoms with E-state index < -0.39 is 23.4 Å². The number of nitrogens with zero attached hydrogens (tertiary/aromatic N) is 1. The third-order valence-electron chi connectivity index (χ3n) is 5.72. The van der Waals surface area contributed by atoms with Gasteiger partial charge in [0.2, 0.25) is 0 Å². The van der Waals surface area contributed by atoms with Gasteiger partial charge in [-0.3, -0.25) is 19.2 Å². The molecule has 0 spiro atoms. The second-order valence-corrected chi connectivity index (χ2v) is 7.74. The van der Waals surface area contributed by atoms with E-state index in [2.05, 4.69) is 0 Å². The monoisotopic (exact) mass is 447 g/mol. The third-order valence-corrected chi connectivity index (χ3v) is 5.72. The van der Waals surface area contributed by atoms with Crippen LogP contribution in [0.4, 0.5) is 5.69 Å². The van der Waals surface area contributed by atoms with Crippen LogP contribution in [-0.2, 0) is 0 Å². The fourth-order valence-electron chi connectivity index (χ4n) is 4.12. The van der Waals surface area contributed by atoms with E-state index in [1.165, 1.54) is 36.4 Å². The van der Waals surface area contributed by atoms with Crippen LogP contribution in [0.3, 0.4) is 0 Å². The van der Waals surface area contributed by atoms with Crippen molar-refractivity contribution in [2.24, 2.45) is 0 Å². The lowest BCUT2D eigenvalue weighted by Crippen LogP contribution is -2.39. The predicted octanol–water partition coefficient (Wildman–Crippen LogP) is 4.65. The van der Waals surface area contributed by atoms with Gasteiger partial charge in [0, 0.05) is 22.3 Å². The van der Waals surface area contributed by atoms with Crippen LogP contribution < -0.4 is 4.90 Å². The molecule has 6 heteroatoms. The van der Waals surface area contributed by atoms with Gasteiger partial charge in [-0.05, 0) is 36.4 Å². The van der Waals surface area contributed by atoms with E-state index in [4.69, 9.17) is 0 Å². The van der Waals surface area contributed by atoms with Crippen LogP contribution in [0.5, 0.6) is 5.75 Å². The summed E-state index contributed by atoms with van der Waals surface area (Å²) >= 11 is 0. The average Bonchev–Trinajstić information content (AvgIpc) is 2.88. The number of fused-ring (bicyclic) bond motifs is 2. The Morgan fingerprint density at radius 2 is 1.06 bits per heavy atom. The van der Waals surface area contributed by atoms with Gasteiger partial charge in [0.05, 0.1) is 16.8 Å². The van der Waals surface area contributed by atoms with Gasteiger partial charge in [0.15, 0.2) is 11.6 Å². The molecule has 0 radical (unpaired) electrons. The van der Waals surface area contributed by atoms with Gasteiger partial charge in [-0.1, -0.05) is 60.7 Å². The fourth-order valence-corrected chi connectivity index (χ4v) is 4.12. The van der Waals surface area contributed by atoms with Crippen molar-refractivity contribution in [3.8, 4) is 5.75 Å². The summed E-state index contributed by atoms with van der Waals surface area (Å²) in [5.41, 5.74) is 0.343. The molecule has 0 aromatic heterocycles. The zero-order valence-electron chi connectivity index (χ0n) is 17.8. The molecule has 1 aliphatic rings.